The molecule has 142 valence electrons. The number of benzene rings is 2. The van der Waals surface area contributed by atoms with Gasteiger partial charge in [0.25, 0.3) is 0 Å². The van der Waals surface area contributed by atoms with Crippen LogP contribution in [0.3, 0.4) is 0 Å². The highest BCUT2D eigenvalue weighted by Gasteiger charge is 2.35. The van der Waals surface area contributed by atoms with Crippen molar-refractivity contribution in [1.82, 2.24) is 0 Å². The van der Waals surface area contributed by atoms with Crippen LogP contribution in [0.25, 0.3) is 0 Å². The van der Waals surface area contributed by atoms with Crippen LogP contribution in [-0.4, -0.2) is 17.0 Å². The second-order valence-electron chi connectivity index (χ2n) is 6.66. The summed E-state index contributed by atoms with van der Waals surface area (Å²) in [6, 6.07) is 13.3. The number of thioether (sulfide) groups is 1. The third kappa shape index (κ3) is 4.75. The maximum absolute atomic E-state index is 13.6. The Morgan fingerprint density at radius 3 is 2.33 bits per heavy atom. The summed E-state index contributed by atoms with van der Waals surface area (Å²) in [5, 5.41) is 3.00. The van der Waals surface area contributed by atoms with E-state index in [-0.39, 0.29) is 6.04 Å². The Morgan fingerprint density at radius 2 is 1.74 bits per heavy atom. The number of hydrogen-bond acceptors (Lipinski definition) is 3. The zero-order chi connectivity index (χ0) is 19.6. The fourth-order valence-electron chi connectivity index (χ4n) is 3.14. The van der Waals surface area contributed by atoms with Gasteiger partial charge in [0.1, 0.15) is 5.70 Å². The van der Waals surface area contributed by atoms with Crippen molar-refractivity contribution >= 4 is 22.5 Å². The molecule has 0 amide bonds. The highest BCUT2D eigenvalue weighted by molar-refractivity contribution is 8.14. The van der Waals surface area contributed by atoms with E-state index in [2.05, 4.69) is 10.3 Å². The summed E-state index contributed by atoms with van der Waals surface area (Å²) in [6.45, 7) is 5.55. The Kier molecular flexibility index (Phi) is 5.65. The smallest absolute Gasteiger partial charge is 0.351 e. The Labute approximate surface area is 161 Å². The van der Waals surface area contributed by atoms with Crippen molar-refractivity contribution in [3.8, 4) is 0 Å². The Bertz CT molecular complexity index is 863. The Balaban J connectivity index is 1.90. The number of aryl methyl sites for hydroxylation is 3. The number of aliphatic imine (C=N–C) groups is 1. The number of nitrogens with zero attached hydrogens (tertiary/aromatic N) is 1. The van der Waals surface area contributed by atoms with Crippen LogP contribution >= 0.6 is 11.8 Å². The Hall–Kier alpha value is -2.21. The zero-order valence-corrected chi connectivity index (χ0v) is 16.2. The van der Waals surface area contributed by atoms with Gasteiger partial charge >= 0.3 is 6.18 Å². The molecule has 27 heavy (non-hydrogen) atoms. The molecule has 6 heteroatoms. The molecule has 2 aromatic rings. The van der Waals surface area contributed by atoms with E-state index in [1.54, 1.807) is 0 Å². The van der Waals surface area contributed by atoms with E-state index in [9.17, 15) is 13.2 Å². The molecule has 2 nitrogen and oxygen atoms in total. The Morgan fingerprint density at radius 1 is 1.11 bits per heavy atom. The van der Waals surface area contributed by atoms with Crippen molar-refractivity contribution in [3.63, 3.8) is 0 Å². The number of hydrogen-bond donors (Lipinski definition) is 1. The molecule has 0 aromatic heterocycles. The van der Waals surface area contributed by atoms with Crippen molar-refractivity contribution < 1.29 is 13.2 Å². The maximum Gasteiger partial charge on any atom is 0.431 e. The lowest BCUT2D eigenvalue weighted by Crippen LogP contribution is -2.21. The van der Waals surface area contributed by atoms with Crippen LogP contribution in [0.5, 0.6) is 0 Å². The lowest BCUT2D eigenvalue weighted by molar-refractivity contribution is -0.0901. The largest absolute Gasteiger partial charge is 0.431 e. The van der Waals surface area contributed by atoms with Crippen molar-refractivity contribution in [2.45, 2.75) is 33.0 Å². The summed E-state index contributed by atoms with van der Waals surface area (Å²) in [5.74, 6) is 0.642. The second-order valence-corrected chi connectivity index (χ2v) is 7.70. The molecule has 2 aromatic carbocycles. The van der Waals surface area contributed by atoms with Crippen LogP contribution in [0, 0.1) is 20.8 Å². The molecule has 0 spiro atoms. The quantitative estimate of drug-likeness (QED) is 0.657. The first-order chi connectivity index (χ1) is 12.7. The van der Waals surface area contributed by atoms with Gasteiger partial charge in [-0.3, -0.25) is 4.99 Å². The van der Waals surface area contributed by atoms with Gasteiger partial charge in [-0.1, -0.05) is 48.0 Å². The molecule has 1 unspecified atom stereocenters. The summed E-state index contributed by atoms with van der Waals surface area (Å²) in [6.07, 6.45) is -3.37. The van der Waals surface area contributed by atoms with E-state index in [1.165, 1.54) is 11.8 Å². The van der Waals surface area contributed by atoms with Crippen LogP contribution in [0.1, 0.15) is 28.3 Å². The summed E-state index contributed by atoms with van der Waals surface area (Å²) < 4.78 is 40.9. The van der Waals surface area contributed by atoms with E-state index in [0.29, 0.717) is 16.5 Å². The van der Waals surface area contributed by atoms with Crippen molar-refractivity contribution in [2.75, 3.05) is 11.1 Å². The highest BCUT2D eigenvalue weighted by atomic mass is 32.2. The second kappa shape index (κ2) is 7.80. The minimum Gasteiger partial charge on any atom is -0.351 e. The standard InChI is InChI=1S/C21H21F3N2S/c1-13-9-14(2)20(15(3)10-13)26-18(21(22,23)24)11-19-25-17(12-27-19)16-7-5-4-6-8-16/h4-11,17,26H,12H2,1-3H3. The third-order valence-electron chi connectivity index (χ3n) is 4.37. The van der Waals surface area contributed by atoms with Crippen molar-refractivity contribution in [1.29, 1.82) is 0 Å². The predicted octanol–water partition coefficient (Wildman–Crippen LogP) is 6.36. The van der Waals surface area contributed by atoms with Crippen LogP contribution in [0.2, 0.25) is 0 Å². The van der Waals surface area contributed by atoms with E-state index < -0.39 is 11.9 Å². The molecule has 0 saturated heterocycles. The number of nitrogens with one attached hydrogen (secondary N) is 1. The van der Waals surface area contributed by atoms with Crippen molar-refractivity contribution in [3.05, 3.63) is 76.5 Å². The molecule has 1 N–H and O–H groups in total. The van der Waals surface area contributed by atoms with E-state index in [1.807, 2.05) is 63.2 Å². The number of anilines is 1. The van der Waals surface area contributed by atoms with Gasteiger partial charge < -0.3 is 5.32 Å². The highest BCUT2D eigenvalue weighted by Crippen LogP contribution is 2.35. The molecule has 1 atom stereocenters. The average Bonchev–Trinajstić information content (AvgIpc) is 3.05. The molecular formula is C21H21F3N2S. The number of alkyl halides is 3. The summed E-state index contributed by atoms with van der Waals surface area (Å²) in [4.78, 5) is 4.48. The maximum atomic E-state index is 13.6. The normalized spacial score (nSPS) is 17.8. The van der Waals surface area contributed by atoms with Crippen LogP contribution in [0.15, 0.2) is 59.2 Å². The zero-order valence-electron chi connectivity index (χ0n) is 15.4. The molecule has 1 aliphatic rings. The van der Waals surface area contributed by atoms with Gasteiger partial charge in [0.15, 0.2) is 0 Å². The first-order valence-corrected chi connectivity index (χ1v) is 9.62. The molecular weight excluding hydrogens is 369 g/mol. The third-order valence-corrected chi connectivity index (χ3v) is 5.37. The van der Waals surface area contributed by atoms with Crippen LogP contribution in [-0.2, 0) is 0 Å². The minimum atomic E-state index is -4.49. The number of rotatable bonds is 4. The fourth-order valence-corrected chi connectivity index (χ4v) is 4.14. The topological polar surface area (TPSA) is 24.4 Å². The van der Waals surface area contributed by atoms with Crippen molar-refractivity contribution in [2.24, 2.45) is 4.99 Å². The van der Waals surface area contributed by atoms with Gasteiger partial charge in [-0.25, -0.2) is 0 Å². The molecule has 0 aliphatic carbocycles. The lowest BCUT2D eigenvalue weighted by Gasteiger charge is -2.18. The number of halogens is 3. The van der Waals surface area contributed by atoms with Crippen LogP contribution < -0.4 is 5.32 Å². The molecule has 0 radical (unpaired) electrons. The minimum absolute atomic E-state index is 0.111. The monoisotopic (exact) mass is 390 g/mol. The molecule has 3 rings (SSSR count). The summed E-state index contributed by atoms with van der Waals surface area (Å²) in [7, 11) is 0. The molecule has 0 fully saturated rings. The number of allylic oxidation sites excluding steroid dienone is 1. The van der Waals surface area contributed by atoms with Gasteiger partial charge in [0.05, 0.1) is 11.1 Å². The predicted molar refractivity (Wildman–Crippen MR) is 107 cm³/mol. The summed E-state index contributed by atoms with van der Waals surface area (Å²) in [5.41, 5.74) is 3.30. The molecule has 0 saturated carbocycles. The summed E-state index contributed by atoms with van der Waals surface area (Å²) >= 11 is 1.34. The first-order valence-electron chi connectivity index (χ1n) is 8.63. The van der Waals surface area contributed by atoms with Gasteiger partial charge in [0.2, 0.25) is 0 Å². The fraction of sp³-hybridized carbons (Fsp3) is 0.286. The molecule has 1 heterocycles. The van der Waals surface area contributed by atoms with Gasteiger partial charge in [-0.2, -0.15) is 13.2 Å². The van der Waals surface area contributed by atoms with Gasteiger partial charge in [0, 0.05) is 11.4 Å². The first kappa shape index (κ1) is 19.5. The molecule has 0 bridgehead atoms. The van der Waals surface area contributed by atoms with Crippen LogP contribution in [0.4, 0.5) is 18.9 Å². The van der Waals surface area contributed by atoms with Gasteiger partial charge in [-0.15, -0.1) is 11.8 Å². The lowest BCUT2D eigenvalue weighted by atomic mass is 10.0. The van der Waals surface area contributed by atoms with E-state index in [0.717, 1.165) is 28.3 Å². The van der Waals surface area contributed by atoms with Gasteiger partial charge in [-0.05, 0) is 43.5 Å². The average molecular weight is 390 g/mol. The van der Waals surface area contributed by atoms with E-state index in [4.69, 9.17) is 0 Å². The molecule has 1 aliphatic heterocycles. The van der Waals surface area contributed by atoms with E-state index >= 15 is 0 Å². The SMILES string of the molecule is Cc1cc(C)c(NC(=CC2=NC(c3ccccc3)CS2)C(F)(F)F)c(C)c1.